The summed E-state index contributed by atoms with van der Waals surface area (Å²) >= 11 is 0. The van der Waals surface area contributed by atoms with Gasteiger partial charge in [0.2, 0.25) is 0 Å². The van der Waals surface area contributed by atoms with Crippen LogP contribution >= 0.6 is 0 Å². The fraction of sp³-hybridized carbons (Fsp3) is 1.00. The molecule has 0 fully saturated rings. The molecule has 0 aliphatic carbocycles. The number of hydrogen-bond acceptors (Lipinski definition) is 1. The molecule has 0 aromatic rings. The minimum atomic E-state index is 0.0450. The van der Waals surface area contributed by atoms with Crippen LogP contribution in [-0.2, 0) is 0 Å². The topological polar surface area (TPSA) is 26.0 Å². The van der Waals surface area contributed by atoms with Gasteiger partial charge in [-0.15, -0.1) is 0 Å². The van der Waals surface area contributed by atoms with Crippen LogP contribution in [0.5, 0.6) is 0 Å². The van der Waals surface area contributed by atoms with Crippen LogP contribution in [0.15, 0.2) is 0 Å². The van der Waals surface area contributed by atoms with E-state index in [2.05, 4.69) is 27.7 Å². The van der Waals surface area contributed by atoms with Crippen LogP contribution in [0.1, 0.15) is 143 Å². The molecular weight excluding hydrogens is 302 g/mol. The summed E-state index contributed by atoms with van der Waals surface area (Å²) in [6.07, 6.45) is 25.0. The number of unbranched alkanes of at least 4 members (excludes halogenated alkanes) is 14. The van der Waals surface area contributed by atoms with Gasteiger partial charge in [0.05, 0.1) is 0 Å². The molecule has 0 heterocycles. The number of rotatable bonds is 19. The highest BCUT2D eigenvalue weighted by atomic mass is 14.7. The highest BCUT2D eigenvalue weighted by molar-refractivity contribution is 4.84. The summed E-state index contributed by atoms with van der Waals surface area (Å²) in [5.74, 6) is 0.664. The van der Waals surface area contributed by atoms with Crippen molar-refractivity contribution in [2.24, 2.45) is 11.7 Å². The summed E-state index contributed by atoms with van der Waals surface area (Å²) in [6, 6.07) is 0. The fourth-order valence-electron chi connectivity index (χ4n) is 3.80. The summed E-state index contributed by atoms with van der Waals surface area (Å²) in [6.45, 7) is 9.26. The second-order valence-corrected chi connectivity index (χ2v) is 8.90. The van der Waals surface area contributed by atoms with E-state index in [1.54, 1.807) is 0 Å². The maximum absolute atomic E-state index is 6.64. The highest BCUT2D eigenvalue weighted by Gasteiger charge is 2.25. The van der Waals surface area contributed by atoms with E-state index < -0.39 is 0 Å². The third-order valence-corrected chi connectivity index (χ3v) is 6.19. The van der Waals surface area contributed by atoms with Gasteiger partial charge < -0.3 is 5.73 Å². The van der Waals surface area contributed by atoms with Crippen LogP contribution in [0.2, 0.25) is 0 Å². The molecule has 2 N–H and O–H groups in total. The molecule has 25 heavy (non-hydrogen) atoms. The van der Waals surface area contributed by atoms with Crippen LogP contribution in [0.3, 0.4) is 0 Å². The second-order valence-electron chi connectivity index (χ2n) is 8.90. The molecule has 1 heteroatoms. The molecule has 0 aromatic heterocycles. The monoisotopic (exact) mass is 353 g/mol. The number of nitrogens with two attached hydrogens (primary N) is 1. The van der Waals surface area contributed by atoms with E-state index in [1.807, 2.05) is 0 Å². The third-order valence-electron chi connectivity index (χ3n) is 6.19. The van der Waals surface area contributed by atoms with Crippen molar-refractivity contribution in [3.8, 4) is 0 Å². The molecule has 0 radical (unpaired) electrons. The van der Waals surface area contributed by atoms with Crippen molar-refractivity contribution in [1.29, 1.82) is 0 Å². The Hall–Kier alpha value is -0.0400. The molecule has 0 rings (SSSR count). The molecule has 2 atom stereocenters. The average molecular weight is 354 g/mol. The van der Waals surface area contributed by atoms with Crippen LogP contribution < -0.4 is 5.73 Å². The predicted molar refractivity (Wildman–Crippen MR) is 116 cm³/mol. The van der Waals surface area contributed by atoms with E-state index in [0.717, 1.165) is 0 Å². The Morgan fingerprint density at radius 1 is 0.600 bits per heavy atom. The zero-order chi connectivity index (χ0) is 18.8. The molecule has 2 unspecified atom stereocenters. The summed E-state index contributed by atoms with van der Waals surface area (Å²) in [5.41, 5.74) is 6.68. The van der Waals surface area contributed by atoms with Gasteiger partial charge in [0, 0.05) is 5.54 Å². The van der Waals surface area contributed by atoms with Gasteiger partial charge in [-0.1, -0.05) is 124 Å². The molecule has 0 amide bonds. The Balaban J connectivity index is 3.54. The number of hydrogen-bond donors (Lipinski definition) is 1. The smallest absolute Gasteiger partial charge is 0.0151 e. The van der Waals surface area contributed by atoms with Crippen LogP contribution in [0.25, 0.3) is 0 Å². The zero-order valence-electron chi connectivity index (χ0n) is 18.4. The van der Waals surface area contributed by atoms with Crippen LogP contribution in [-0.4, -0.2) is 5.54 Å². The molecule has 0 saturated carbocycles. The van der Waals surface area contributed by atoms with Crippen molar-refractivity contribution in [3.63, 3.8) is 0 Å². The second kappa shape index (κ2) is 17.4. The molecule has 152 valence electrons. The lowest BCUT2D eigenvalue weighted by Crippen LogP contribution is -2.42. The van der Waals surface area contributed by atoms with E-state index in [-0.39, 0.29) is 5.54 Å². The van der Waals surface area contributed by atoms with E-state index >= 15 is 0 Å². The maximum atomic E-state index is 6.64. The first-order valence-electron chi connectivity index (χ1n) is 11.8. The molecule has 0 bridgehead atoms. The Labute approximate surface area is 160 Å². The SMILES string of the molecule is CCCCCCCCCCC(C)C(C)(N)CCCCCCCCCC. The van der Waals surface area contributed by atoms with Crippen molar-refractivity contribution in [3.05, 3.63) is 0 Å². The lowest BCUT2D eigenvalue weighted by atomic mass is 9.80. The summed E-state index contributed by atoms with van der Waals surface area (Å²) in [4.78, 5) is 0. The van der Waals surface area contributed by atoms with Gasteiger partial charge in [0.1, 0.15) is 0 Å². The molecular formula is C24H51N. The molecule has 0 spiro atoms. The minimum absolute atomic E-state index is 0.0450. The molecule has 0 aliphatic rings. The Morgan fingerprint density at radius 3 is 1.40 bits per heavy atom. The van der Waals surface area contributed by atoms with Gasteiger partial charge in [0.15, 0.2) is 0 Å². The van der Waals surface area contributed by atoms with Gasteiger partial charge in [-0.05, 0) is 25.7 Å². The highest BCUT2D eigenvalue weighted by Crippen LogP contribution is 2.26. The van der Waals surface area contributed by atoms with E-state index in [1.165, 1.54) is 116 Å². The van der Waals surface area contributed by atoms with Gasteiger partial charge >= 0.3 is 0 Å². The van der Waals surface area contributed by atoms with Crippen molar-refractivity contribution < 1.29 is 0 Å². The van der Waals surface area contributed by atoms with Crippen molar-refractivity contribution in [2.75, 3.05) is 0 Å². The Bertz CT molecular complexity index is 259. The zero-order valence-corrected chi connectivity index (χ0v) is 18.4. The lowest BCUT2D eigenvalue weighted by Gasteiger charge is -2.32. The quantitative estimate of drug-likeness (QED) is 0.232. The summed E-state index contributed by atoms with van der Waals surface area (Å²) in [7, 11) is 0. The summed E-state index contributed by atoms with van der Waals surface area (Å²) < 4.78 is 0. The first-order chi connectivity index (χ1) is 12.0. The van der Waals surface area contributed by atoms with E-state index in [4.69, 9.17) is 5.73 Å². The van der Waals surface area contributed by atoms with Crippen molar-refractivity contribution >= 4 is 0 Å². The van der Waals surface area contributed by atoms with E-state index in [0.29, 0.717) is 5.92 Å². The van der Waals surface area contributed by atoms with Gasteiger partial charge in [-0.25, -0.2) is 0 Å². The van der Waals surface area contributed by atoms with Crippen LogP contribution in [0, 0.1) is 5.92 Å². The molecule has 0 aromatic carbocycles. The minimum Gasteiger partial charge on any atom is -0.325 e. The Kier molecular flexibility index (Phi) is 17.3. The molecule has 0 saturated heterocycles. The van der Waals surface area contributed by atoms with Crippen molar-refractivity contribution in [1.82, 2.24) is 0 Å². The van der Waals surface area contributed by atoms with Gasteiger partial charge in [-0.3, -0.25) is 0 Å². The standard InChI is InChI=1S/C24H51N/c1-5-7-9-11-13-15-17-19-21-23(3)24(4,25)22-20-18-16-14-12-10-8-6-2/h23H,5-22,25H2,1-4H3. The van der Waals surface area contributed by atoms with Gasteiger partial charge in [0.25, 0.3) is 0 Å². The maximum Gasteiger partial charge on any atom is 0.0151 e. The van der Waals surface area contributed by atoms with Crippen LogP contribution in [0.4, 0.5) is 0 Å². The van der Waals surface area contributed by atoms with E-state index in [9.17, 15) is 0 Å². The predicted octanol–water partition coefficient (Wildman–Crippen LogP) is 8.40. The largest absolute Gasteiger partial charge is 0.325 e. The summed E-state index contributed by atoms with van der Waals surface area (Å²) in [5, 5.41) is 0. The normalized spacial score (nSPS) is 15.2. The Morgan fingerprint density at radius 2 is 0.960 bits per heavy atom. The first kappa shape index (κ1) is 25.0. The fourth-order valence-corrected chi connectivity index (χ4v) is 3.80. The first-order valence-corrected chi connectivity index (χ1v) is 11.8. The lowest BCUT2D eigenvalue weighted by molar-refractivity contribution is 0.265. The molecule has 0 aliphatic heterocycles. The third kappa shape index (κ3) is 15.9. The van der Waals surface area contributed by atoms with Crippen molar-refractivity contribution in [2.45, 2.75) is 149 Å². The average Bonchev–Trinajstić information content (AvgIpc) is 2.59. The molecule has 1 nitrogen and oxygen atoms in total. The van der Waals surface area contributed by atoms with Gasteiger partial charge in [-0.2, -0.15) is 0 Å².